The van der Waals surface area contributed by atoms with Crippen LogP contribution in [0.2, 0.25) is 0 Å². The fraction of sp³-hybridized carbons (Fsp3) is 1.00. The minimum absolute atomic E-state index is 0.184. The smallest absolute Gasteiger partial charge is 0.0644 e. The predicted molar refractivity (Wildman–Crippen MR) is 55.1 cm³/mol. The number of thiol groups is 2. The molecule has 54 valence electrons. The number of thioether (sulfide) groups is 2. The first kappa shape index (κ1) is 8.50. The molecular formula is C5H10S4. The van der Waals surface area contributed by atoms with E-state index in [-0.39, 0.29) is 4.08 Å². The van der Waals surface area contributed by atoms with E-state index in [1.54, 1.807) is 0 Å². The Kier molecular flexibility index (Phi) is 3.02. The molecule has 1 heterocycles. The second-order valence-electron chi connectivity index (χ2n) is 2.25. The molecule has 0 spiro atoms. The van der Waals surface area contributed by atoms with Gasteiger partial charge in [0.1, 0.15) is 0 Å². The lowest BCUT2D eigenvalue weighted by Crippen LogP contribution is -2.23. The van der Waals surface area contributed by atoms with Crippen molar-refractivity contribution in [3.05, 3.63) is 0 Å². The molecule has 0 nitrogen and oxygen atoms in total. The minimum atomic E-state index is 0.184. The molecule has 1 aliphatic rings. The van der Waals surface area contributed by atoms with Crippen molar-refractivity contribution in [3.63, 3.8) is 0 Å². The summed E-state index contributed by atoms with van der Waals surface area (Å²) in [5.41, 5.74) is 0. The van der Waals surface area contributed by atoms with Gasteiger partial charge in [-0.15, -0.1) is 23.5 Å². The van der Waals surface area contributed by atoms with Crippen molar-refractivity contribution in [1.82, 2.24) is 0 Å². The molecule has 0 aromatic carbocycles. The highest BCUT2D eigenvalue weighted by molar-refractivity contribution is 8.18. The average Bonchev–Trinajstić information content (AvgIpc) is 1.78. The quantitative estimate of drug-likeness (QED) is 0.574. The summed E-state index contributed by atoms with van der Waals surface area (Å²) in [6.45, 7) is 2.16. The van der Waals surface area contributed by atoms with Crippen LogP contribution >= 0.6 is 48.8 Å². The van der Waals surface area contributed by atoms with Crippen molar-refractivity contribution >= 4 is 48.8 Å². The number of hydrogen-bond donors (Lipinski definition) is 2. The summed E-state index contributed by atoms with van der Waals surface area (Å²) in [7, 11) is 0. The van der Waals surface area contributed by atoms with Crippen LogP contribution in [0.4, 0.5) is 0 Å². The second-order valence-corrected chi connectivity index (χ2v) is 7.23. The fourth-order valence-corrected chi connectivity index (χ4v) is 3.62. The molecule has 1 rings (SSSR count). The molecule has 2 unspecified atom stereocenters. The summed E-state index contributed by atoms with van der Waals surface area (Å²) in [5, 5.41) is 0. The van der Waals surface area contributed by atoms with E-state index in [2.05, 4.69) is 32.2 Å². The van der Waals surface area contributed by atoms with Gasteiger partial charge < -0.3 is 0 Å². The molecule has 0 bridgehead atoms. The zero-order valence-electron chi connectivity index (χ0n) is 5.20. The SMILES string of the molecule is CC1(S)CSC(S)CS1. The molecule has 1 aliphatic heterocycles. The van der Waals surface area contributed by atoms with Crippen molar-refractivity contribution in [3.8, 4) is 0 Å². The maximum absolute atomic E-state index is 4.47. The Bertz CT molecular complexity index is 91.1. The van der Waals surface area contributed by atoms with Crippen LogP contribution in [0.15, 0.2) is 0 Å². The van der Waals surface area contributed by atoms with Gasteiger partial charge in [0.2, 0.25) is 0 Å². The van der Waals surface area contributed by atoms with Crippen LogP contribution in [0.1, 0.15) is 6.92 Å². The Labute approximate surface area is 75.7 Å². The number of hydrogen-bond acceptors (Lipinski definition) is 4. The van der Waals surface area contributed by atoms with E-state index in [0.717, 1.165) is 11.5 Å². The van der Waals surface area contributed by atoms with E-state index in [9.17, 15) is 0 Å². The molecule has 2 atom stereocenters. The maximum Gasteiger partial charge on any atom is 0.0644 e. The Balaban J connectivity index is 2.35. The van der Waals surface area contributed by atoms with Gasteiger partial charge in [-0.3, -0.25) is 0 Å². The molecule has 0 N–H and O–H groups in total. The Morgan fingerprint density at radius 3 is 2.67 bits per heavy atom. The first-order valence-electron chi connectivity index (χ1n) is 2.76. The van der Waals surface area contributed by atoms with Gasteiger partial charge in [0, 0.05) is 11.5 Å². The third-order valence-corrected chi connectivity index (χ3v) is 5.67. The zero-order valence-corrected chi connectivity index (χ0v) is 8.62. The lowest BCUT2D eigenvalue weighted by molar-refractivity contribution is 1.04. The first-order valence-corrected chi connectivity index (χ1v) is 5.76. The standard InChI is InChI=1S/C5H10S4/c1-5(7)3-8-4(6)2-9-5/h4,6-7H,2-3H2,1H3. The highest BCUT2D eigenvalue weighted by atomic mass is 32.2. The predicted octanol–water partition coefficient (Wildman–Crippen LogP) is 2.37. The van der Waals surface area contributed by atoms with Gasteiger partial charge in [-0.1, -0.05) is 0 Å². The Morgan fingerprint density at radius 1 is 1.67 bits per heavy atom. The van der Waals surface area contributed by atoms with E-state index >= 15 is 0 Å². The second kappa shape index (κ2) is 3.20. The third-order valence-electron chi connectivity index (χ3n) is 1.08. The molecular weight excluding hydrogens is 188 g/mol. The van der Waals surface area contributed by atoms with Crippen molar-refractivity contribution in [1.29, 1.82) is 0 Å². The van der Waals surface area contributed by atoms with Crippen molar-refractivity contribution in [2.45, 2.75) is 15.6 Å². The molecule has 0 aliphatic carbocycles. The van der Waals surface area contributed by atoms with Gasteiger partial charge >= 0.3 is 0 Å². The molecule has 1 fully saturated rings. The molecule has 9 heavy (non-hydrogen) atoms. The van der Waals surface area contributed by atoms with Gasteiger partial charge in [0.05, 0.1) is 8.66 Å². The molecule has 0 aromatic heterocycles. The largest absolute Gasteiger partial charge is 0.164 e. The highest BCUT2D eigenvalue weighted by Crippen LogP contribution is 2.41. The molecule has 0 aromatic rings. The lowest BCUT2D eigenvalue weighted by atomic mass is 10.5. The summed E-state index contributed by atoms with van der Waals surface area (Å²) in [4.78, 5) is 0. The maximum atomic E-state index is 4.47. The van der Waals surface area contributed by atoms with Crippen LogP contribution in [0, 0.1) is 0 Å². The topological polar surface area (TPSA) is 0 Å². The van der Waals surface area contributed by atoms with Gasteiger partial charge in [0.25, 0.3) is 0 Å². The van der Waals surface area contributed by atoms with E-state index in [1.807, 2.05) is 23.5 Å². The zero-order chi connectivity index (χ0) is 6.91. The van der Waals surface area contributed by atoms with Crippen molar-refractivity contribution in [2.75, 3.05) is 11.5 Å². The van der Waals surface area contributed by atoms with Gasteiger partial charge in [0.15, 0.2) is 0 Å². The summed E-state index contributed by atoms with van der Waals surface area (Å²) in [6, 6.07) is 0. The van der Waals surface area contributed by atoms with Crippen LogP contribution in [0.3, 0.4) is 0 Å². The summed E-state index contributed by atoms with van der Waals surface area (Å²) in [6.07, 6.45) is 0. The first-order chi connectivity index (χ1) is 4.10. The monoisotopic (exact) mass is 198 g/mol. The van der Waals surface area contributed by atoms with Gasteiger partial charge in [-0.05, 0) is 6.92 Å². The number of rotatable bonds is 0. The highest BCUT2D eigenvalue weighted by Gasteiger charge is 2.26. The lowest BCUT2D eigenvalue weighted by Gasteiger charge is -2.30. The summed E-state index contributed by atoms with van der Waals surface area (Å²) < 4.78 is 0.708. The molecule has 4 heteroatoms. The van der Waals surface area contributed by atoms with Crippen LogP contribution < -0.4 is 0 Å². The van der Waals surface area contributed by atoms with E-state index in [4.69, 9.17) is 0 Å². The average molecular weight is 198 g/mol. The van der Waals surface area contributed by atoms with Gasteiger partial charge in [-0.2, -0.15) is 25.3 Å². The minimum Gasteiger partial charge on any atom is -0.164 e. The Morgan fingerprint density at radius 2 is 2.33 bits per heavy atom. The van der Waals surface area contributed by atoms with Crippen LogP contribution in [-0.4, -0.2) is 20.2 Å². The molecule has 0 amide bonds. The van der Waals surface area contributed by atoms with Gasteiger partial charge in [-0.25, -0.2) is 0 Å². The molecule has 1 saturated heterocycles. The Hall–Kier alpha value is 1.40. The summed E-state index contributed by atoms with van der Waals surface area (Å²) >= 11 is 12.6. The van der Waals surface area contributed by atoms with E-state index in [1.165, 1.54) is 0 Å². The molecule has 0 saturated carbocycles. The van der Waals surface area contributed by atoms with Crippen LogP contribution in [0.25, 0.3) is 0 Å². The van der Waals surface area contributed by atoms with E-state index < -0.39 is 0 Å². The fourth-order valence-electron chi connectivity index (χ4n) is 0.591. The van der Waals surface area contributed by atoms with Crippen molar-refractivity contribution in [2.24, 2.45) is 0 Å². The molecule has 0 radical (unpaired) electrons. The van der Waals surface area contributed by atoms with Crippen LogP contribution in [-0.2, 0) is 0 Å². The van der Waals surface area contributed by atoms with Crippen LogP contribution in [0.5, 0.6) is 0 Å². The van der Waals surface area contributed by atoms with Crippen molar-refractivity contribution < 1.29 is 0 Å². The van der Waals surface area contributed by atoms with E-state index in [0.29, 0.717) is 4.58 Å². The summed E-state index contributed by atoms with van der Waals surface area (Å²) in [5.74, 6) is 2.22. The normalized spacial score (nSPS) is 45.0. The third kappa shape index (κ3) is 2.87.